The Bertz CT molecular complexity index is 1020. The quantitative estimate of drug-likeness (QED) is 0.779. The predicted octanol–water partition coefficient (Wildman–Crippen LogP) is 4.09. The number of sulfonamides is 1. The van der Waals surface area contributed by atoms with Crippen molar-refractivity contribution in [3.63, 3.8) is 0 Å². The van der Waals surface area contributed by atoms with Crippen LogP contribution >= 0.6 is 0 Å². The van der Waals surface area contributed by atoms with Crippen molar-refractivity contribution in [1.82, 2.24) is 9.71 Å². The Kier molecular flexibility index (Phi) is 5.19. The number of benzene rings is 1. The van der Waals surface area contributed by atoms with Crippen LogP contribution in [0.4, 0.5) is 14.5 Å². The van der Waals surface area contributed by atoms with Crippen molar-refractivity contribution in [3.05, 3.63) is 46.8 Å². The molecule has 2 aromatic rings. The Labute approximate surface area is 170 Å². The first-order chi connectivity index (χ1) is 13.7. The maximum Gasteiger partial charge on any atom is 0.248 e. The lowest BCUT2D eigenvalue weighted by atomic mass is 9.84. The largest absolute Gasteiger partial charge is 0.367 e. The number of aromatic amines is 1. The molecule has 4 rings (SSSR count). The third-order valence-corrected chi connectivity index (χ3v) is 7.59. The Balaban J connectivity index is 1.54. The van der Waals surface area contributed by atoms with Crippen LogP contribution in [0.25, 0.3) is 0 Å². The van der Waals surface area contributed by atoms with E-state index in [1.165, 1.54) is 7.05 Å². The van der Waals surface area contributed by atoms with E-state index < -0.39 is 15.9 Å². The smallest absolute Gasteiger partial charge is 0.248 e. The number of aromatic nitrogens is 1. The lowest BCUT2D eigenvalue weighted by Crippen LogP contribution is -2.30. The summed E-state index contributed by atoms with van der Waals surface area (Å²) < 4.78 is 54.0. The molecule has 1 aliphatic carbocycles. The van der Waals surface area contributed by atoms with E-state index in [-0.39, 0.29) is 23.7 Å². The number of hydrogen-bond acceptors (Lipinski definition) is 3. The molecule has 1 aliphatic heterocycles. The third kappa shape index (κ3) is 4.05. The zero-order chi connectivity index (χ0) is 20.8. The normalized spacial score (nSPS) is 21.8. The lowest BCUT2D eigenvalue weighted by Gasteiger charge is -2.30. The minimum atomic E-state index is -3.47. The maximum absolute atomic E-state index is 13.8. The summed E-state index contributed by atoms with van der Waals surface area (Å²) in [5.74, 6) is -2.67. The number of H-pyrrole nitrogens is 1. The SMILES string of the molecule is CNS(=O)(=O)c1ccc(N2CCc3[nH]c(C4CCCC(F)(F)C4)cc3C2)c(C)c1. The highest BCUT2D eigenvalue weighted by atomic mass is 32.2. The Hall–Kier alpha value is -1.93. The number of fused-ring (bicyclic) bond motifs is 1. The predicted molar refractivity (Wildman–Crippen MR) is 109 cm³/mol. The summed E-state index contributed by atoms with van der Waals surface area (Å²) in [5.41, 5.74) is 5.11. The monoisotopic (exact) mass is 423 g/mol. The van der Waals surface area contributed by atoms with Crippen molar-refractivity contribution in [2.75, 3.05) is 18.5 Å². The number of halogens is 2. The molecule has 0 amide bonds. The molecule has 1 saturated carbocycles. The molecule has 0 bridgehead atoms. The summed E-state index contributed by atoms with van der Waals surface area (Å²) >= 11 is 0. The van der Waals surface area contributed by atoms with Gasteiger partial charge in [0.05, 0.1) is 4.90 Å². The Morgan fingerprint density at radius 2 is 2.07 bits per heavy atom. The minimum absolute atomic E-state index is 0.00373. The number of aryl methyl sites for hydroxylation is 1. The van der Waals surface area contributed by atoms with Gasteiger partial charge in [-0.3, -0.25) is 0 Å². The molecule has 2 heterocycles. The van der Waals surface area contributed by atoms with Gasteiger partial charge >= 0.3 is 0 Å². The van der Waals surface area contributed by atoms with Gasteiger partial charge in [-0.2, -0.15) is 0 Å². The van der Waals surface area contributed by atoms with E-state index in [0.717, 1.165) is 47.6 Å². The second-order valence-corrected chi connectivity index (χ2v) is 10.1. The molecule has 1 aromatic heterocycles. The molecule has 8 heteroatoms. The Morgan fingerprint density at radius 3 is 2.76 bits per heavy atom. The van der Waals surface area contributed by atoms with E-state index >= 15 is 0 Å². The molecule has 158 valence electrons. The summed E-state index contributed by atoms with van der Waals surface area (Å²) in [4.78, 5) is 5.89. The van der Waals surface area contributed by atoms with Gasteiger partial charge in [-0.1, -0.05) is 0 Å². The number of rotatable bonds is 4. The summed E-state index contributed by atoms with van der Waals surface area (Å²) in [6.45, 7) is 3.40. The van der Waals surface area contributed by atoms with E-state index in [1.807, 2.05) is 13.0 Å². The topological polar surface area (TPSA) is 65.2 Å². The molecule has 1 atom stereocenters. The summed E-state index contributed by atoms with van der Waals surface area (Å²) in [7, 11) is -2.07. The van der Waals surface area contributed by atoms with E-state index in [1.54, 1.807) is 12.1 Å². The lowest BCUT2D eigenvalue weighted by molar-refractivity contribution is -0.0412. The zero-order valence-corrected chi connectivity index (χ0v) is 17.6. The number of hydrogen-bond donors (Lipinski definition) is 2. The van der Waals surface area contributed by atoms with Crippen molar-refractivity contribution in [1.29, 1.82) is 0 Å². The number of anilines is 1. The average Bonchev–Trinajstić information content (AvgIpc) is 3.10. The molecule has 5 nitrogen and oxygen atoms in total. The molecular weight excluding hydrogens is 396 g/mol. The van der Waals surface area contributed by atoms with Crippen LogP contribution in [0, 0.1) is 6.92 Å². The molecule has 0 radical (unpaired) electrons. The van der Waals surface area contributed by atoms with E-state index in [2.05, 4.69) is 20.7 Å². The van der Waals surface area contributed by atoms with Gasteiger partial charge in [-0.15, -0.1) is 0 Å². The van der Waals surface area contributed by atoms with Gasteiger partial charge in [0.2, 0.25) is 15.9 Å². The fourth-order valence-electron chi connectivity index (χ4n) is 4.59. The standard InChI is InChI=1S/C21H27F2N3O2S/c1-14-10-17(29(27,28)24-2)5-6-20(14)26-9-7-18-16(13-26)11-19(25-18)15-4-3-8-21(22,23)12-15/h5-6,10-11,15,24-25H,3-4,7-9,12-13H2,1-2H3. The highest BCUT2D eigenvalue weighted by Crippen LogP contribution is 2.42. The molecule has 1 aromatic carbocycles. The molecule has 29 heavy (non-hydrogen) atoms. The van der Waals surface area contributed by atoms with Crippen LogP contribution in [0.3, 0.4) is 0 Å². The molecule has 2 N–H and O–H groups in total. The van der Waals surface area contributed by atoms with Gasteiger partial charge in [0.25, 0.3) is 0 Å². The van der Waals surface area contributed by atoms with Crippen molar-refractivity contribution >= 4 is 15.7 Å². The highest BCUT2D eigenvalue weighted by Gasteiger charge is 2.37. The fraction of sp³-hybridized carbons (Fsp3) is 0.524. The van der Waals surface area contributed by atoms with Crippen LogP contribution in [0.1, 0.15) is 54.1 Å². The maximum atomic E-state index is 13.8. The second-order valence-electron chi connectivity index (χ2n) is 8.21. The highest BCUT2D eigenvalue weighted by molar-refractivity contribution is 7.89. The molecule has 0 saturated heterocycles. The van der Waals surface area contributed by atoms with Crippen LogP contribution in [0.15, 0.2) is 29.2 Å². The van der Waals surface area contributed by atoms with Gasteiger partial charge in [-0.05, 0) is 62.2 Å². The van der Waals surface area contributed by atoms with Crippen LogP contribution in [0.2, 0.25) is 0 Å². The first kappa shape index (κ1) is 20.3. The van der Waals surface area contributed by atoms with Crippen molar-refractivity contribution in [2.24, 2.45) is 0 Å². The summed E-state index contributed by atoms with van der Waals surface area (Å²) in [6, 6.07) is 7.21. The average molecular weight is 424 g/mol. The number of nitrogens with one attached hydrogen (secondary N) is 2. The van der Waals surface area contributed by atoms with Gasteiger partial charge in [0, 0.05) is 55.3 Å². The van der Waals surface area contributed by atoms with Gasteiger partial charge in [-0.25, -0.2) is 21.9 Å². The molecule has 0 spiro atoms. The summed E-state index contributed by atoms with van der Waals surface area (Å²) in [5, 5.41) is 0. The van der Waals surface area contributed by atoms with E-state index in [9.17, 15) is 17.2 Å². The minimum Gasteiger partial charge on any atom is -0.367 e. The first-order valence-corrected chi connectivity index (χ1v) is 11.5. The van der Waals surface area contributed by atoms with E-state index in [0.29, 0.717) is 13.0 Å². The van der Waals surface area contributed by atoms with Crippen LogP contribution in [-0.4, -0.2) is 32.9 Å². The third-order valence-electron chi connectivity index (χ3n) is 6.17. The zero-order valence-electron chi connectivity index (χ0n) is 16.8. The van der Waals surface area contributed by atoms with Gasteiger partial charge in [0.15, 0.2) is 0 Å². The number of nitrogens with zero attached hydrogens (tertiary/aromatic N) is 1. The number of alkyl halides is 2. The molecule has 2 aliphatic rings. The Morgan fingerprint density at radius 1 is 1.28 bits per heavy atom. The van der Waals surface area contributed by atoms with Gasteiger partial charge in [0.1, 0.15) is 0 Å². The molecular formula is C21H27F2N3O2S. The fourth-order valence-corrected chi connectivity index (χ4v) is 5.41. The van der Waals surface area contributed by atoms with Crippen molar-refractivity contribution in [3.8, 4) is 0 Å². The summed E-state index contributed by atoms with van der Waals surface area (Å²) in [6.07, 6.45) is 2.11. The molecule has 1 fully saturated rings. The van der Waals surface area contributed by atoms with E-state index in [4.69, 9.17) is 0 Å². The first-order valence-electron chi connectivity index (χ1n) is 10.1. The van der Waals surface area contributed by atoms with Crippen LogP contribution in [-0.2, 0) is 23.0 Å². The van der Waals surface area contributed by atoms with Crippen molar-refractivity contribution < 1.29 is 17.2 Å². The van der Waals surface area contributed by atoms with Crippen LogP contribution in [0.5, 0.6) is 0 Å². The van der Waals surface area contributed by atoms with Crippen LogP contribution < -0.4 is 9.62 Å². The second kappa shape index (κ2) is 7.40. The van der Waals surface area contributed by atoms with Crippen molar-refractivity contribution in [2.45, 2.75) is 62.3 Å². The van der Waals surface area contributed by atoms with Gasteiger partial charge < -0.3 is 9.88 Å². The molecule has 1 unspecified atom stereocenters.